The predicted octanol–water partition coefficient (Wildman–Crippen LogP) is 2.26. The molecule has 21 heavy (non-hydrogen) atoms. The van der Waals surface area contributed by atoms with E-state index in [-0.39, 0.29) is 5.97 Å². The summed E-state index contributed by atoms with van der Waals surface area (Å²) >= 11 is 1.77. The largest absolute Gasteiger partial charge is 0.464 e. The van der Waals surface area contributed by atoms with E-state index < -0.39 is 0 Å². The van der Waals surface area contributed by atoms with Crippen LogP contribution >= 0.6 is 11.3 Å². The number of hydrogen-bond acceptors (Lipinski definition) is 5. The highest BCUT2D eigenvalue weighted by atomic mass is 32.1. The zero-order valence-corrected chi connectivity index (χ0v) is 13.4. The van der Waals surface area contributed by atoms with Gasteiger partial charge in [-0.25, -0.2) is 4.79 Å². The number of esters is 1. The van der Waals surface area contributed by atoms with E-state index in [0.717, 1.165) is 12.2 Å². The fourth-order valence-corrected chi connectivity index (χ4v) is 3.06. The second-order valence-corrected chi connectivity index (χ2v) is 5.99. The number of aromatic amines is 1. The van der Waals surface area contributed by atoms with Gasteiger partial charge in [0.15, 0.2) is 0 Å². The van der Waals surface area contributed by atoms with Gasteiger partial charge in [-0.1, -0.05) is 6.07 Å². The van der Waals surface area contributed by atoms with Gasteiger partial charge in [0.2, 0.25) is 0 Å². The first-order valence-corrected chi connectivity index (χ1v) is 7.66. The van der Waals surface area contributed by atoms with Crippen LogP contribution in [0.2, 0.25) is 0 Å². The summed E-state index contributed by atoms with van der Waals surface area (Å²) in [6, 6.07) is 8.21. The lowest BCUT2D eigenvalue weighted by Crippen LogP contribution is -2.30. The molecule has 0 fully saturated rings. The van der Waals surface area contributed by atoms with E-state index >= 15 is 0 Å². The number of nitrogens with one attached hydrogen (secondary N) is 2. The lowest BCUT2D eigenvalue weighted by molar-refractivity contribution is 0.0594. The van der Waals surface area contributed by atoms with Gasteiger partial charge in [0.25, 0.3) is 0 Å². The van der Waals surface area contributed by atoms with Gasteiger partial charge in [-0.15, -0.1) is 11.3 Å². The van der Waals surface area contributed by atoms with Crippen LogP contribution in [0.1, 0.15) is 27.1 Å². The number of likely N-dealkylation sites (N-methyl/N-ethyl adjacent to an activating group) is 1. The monoisotopic (exact) mass is 307 g/mol. The fourth-order valence-electron chi connectivity index (χ4n) is 2.13. The van der Waals surface area contributed by atoms with Crippen molar-refractivity contribution in [2.45, 2.75) is 12.6 Å². The van der Waals surface area contributed by atoms with Crippen molar-refractivity contribution in [2.24, 2.45) is 0 Å². The minimum atomic E-state index is -0.342. The molecular weight excluding hydrogens is 286 g/mol. The van der Waals surface area contributed by atoms with Crippen LogP contribution in [-0.2, 0) is 11.3 Å². The minimum absolute atomic E-state index is 0.342. The van der Waals surface area contributed by atoms with Crippen LogP contribution in [0.4, 0.5) is 0 Å². The van der Waals surface area contributed by atoms with E-state index in [2.05, 4.69) is 51.5 Å². The van der Waals surface area contributed by atoms with Gasteiger partial charge in [-0.05, 0) is 37.7 Å². The number of carbonyl (C=O) groups excluding carboxylic acids is 1. The Morgan fingerprint density at radius 1 is 1.43 bits per heavy atom. The first-order chi connectivity index (χ1) is 10.1. The summed E-state index contributed by atoms with van der Waals surface area (Å²) in [6.07, 6.45) is 0. The number of aromatic nitrogens is 1. The molecule has 1 atom stereocenters. The summed E-state index contributed by atoms with van der Waals surface area (Å²) in [6.45, 7) is 1.53. The number of thiophene rings is 1. The maximum Gasteiger partial charge on any atom is 0.354 e. The van der Waals surface area contributed by atoms with Gasteiger partial charge in [0.05, 0.1) is 13.2 Å². The van der Waals surface area contributed by atoms with Crippen molar-refractivity contribution >= 4 is 17.3 Å². The third-order valence-electron chi connectivity index (χ3n) is 3.30. The maximum atomic E-state index is 11.4. The average Bonchev–Trinajstić information content (AvgIpc) is 3.13. The van der Waals surface area contributed by atoms with Crippen molar-refractivity contribution < 1.29 is 9.53 Å². The molecule has 0 aromatic carbocycles. The molecule has 2 N–H and O–H groups in total. The van der Waals surface area contributed by atoms with Crippen LogP contribution in [0.25, 0.3) is 0 Å². The summed E-state index contributed by atoms with van der Waals surface area (Å²) in [5.41, 5.74) is 1.45. The molecule has 0 aliphatic rings. The highest BCUT2D eigenvalue weighted by Gasteiger charge is 2.15. The molecule has 0 saturated heterocycles. The number of H-pyrrole nitrogens is 1. The Bertz CT molecular complexity index is 563. The molecule has 2 aromatic heterocycles. The van der Waals surface area contributed by atoms with Crippen molar-refractivity contribution in [2.75, 3.05) is 27.7 Å². The van der Waals surface area contributed by atoms with Crippen LogP contribution in [0.5, 0.6) is 0 Å². The molecule has 0 spiro atoms. The summed E-state index contributed by atoms with van der Waals surface area (Å²) in [5.74, 6) is -0.342. The molecule has 0 bridgehead atoms. The van der Waals surface area contributed by atoms with Crippen LogP contribution in [0.15, 0.2) is 29.6 Å². The number of nitrogens with zero attached hydrogens (tertiary/aromatic N) is 1. The van der Waals surface area contributed by atoms with E-state index in [1.165, 1.54) is 12.0 Å². The molecule has 2 aromatic rings. The van der Waals surface area contributed by atoms with Crippen molar-refractivity contribution in [3.05, 3.63) is 45.9 Å². The molecular formula is C15H21N3O2S. The maximum absolute atomic E-state index is 11.4. The highest BCUT2D eigenvalue weighted by molar-refractivity contribution is 7.10. The molecule has 5 nitrogen and oxygen atoms in total. The van der Waals surface area contributed by atoms with Gasteiger partial charge < -0.3 is 19.9 Å². The Balaban J connectivity index is 1.88. The summed E-state index contributed by atoms with van der Waals surface area (Å²) in [4.78, 5) is 18.0. The topological polar surface area (TPSA) is 57.4 Å². The van der Waals surface area contributed by atoms with Gasteiger partial charge in [-0.3, -0.25) is 0 Å². The number of rotatable bonds is 7. The molecule has 1 unspecified atom stereocenters. The molecule has 2 heterocycles. The zero-order valence-electron chi connectivity index (χ0n) is 12.6. The molecule has 2 rings (SSSR count). The second-order valence-electron chi connectivity index (χ2n) is 5.01. The summed E-state index contributed by atoms with van der Waals surface area (Å²) < 4.78 is 4.68. The van der Waals surface area contributed by atoms with Crippen molar-refractivity contribution in [3.63, 3.8) is 0 Å². The first-order valence-electron chi connectivity index (χ1n) is 6.78. The third-order valence-corrected chi connectivity index (χ3v) is 4.27. The van der Waals surface area contributed by atoms with E-state index in [1.807, 2.05) is 6.07 Å². The Labute approximate surface area is 128 Å². The zero-order chi connectivity index (χ0) is 15.2. The summed E-state index contributed by atoms with van der Waals surface area (Å²) in [7, 11) is 5.54. The minimum Gasteiger partial charge on any atom is -0.464 e. The molecule has 0 aliphatic heterocycles. The van der Waals surface area contributed by atoms with Gasteiger partial charge in [-0.2, -0.15) is 0 Å². The third kappa shape index (κ3) is 4.17. The lowest BCUT2D eigenvalue weighted by atomic mass is 10.2. The van der Waals surface area contributed by atoms with Crippen LogP contribution in [0, 0.1) is 0 Å². The highest BCUT2D eigenvalue weighted by Crippen LogP contribution is 2.22. The standard InChI is InChI=1S/C15H21N3O2S/c1-18(2)13(14-5-4-8-21-14)10-16-9-11-6-7-12(17-11)15(19)20-3/h4-8,13,16-17H,9-10H2,1-3H3. The predicted molar refractivity (Wildman–Crippen MR) is 84.6 cm³/mol. The molecule has 0 saturated carbocycles. The van der Waals surface area contributed by atoms with E-state index in [9.17, 15) is 4.79 Å². The van der Waals surface area contributed by atoms with Crippen LogP contribution < -0.4 is 5.32 Å². The van der Waals surface area contributed by atoms with Gasteiger partial charge in [0.1, 0.15) is 5.69 Å². The van der Waals surface area contributed by atoms with Crippen molar-refractivity contribution in [3.8, 4) is 0 Å². The normalized spacial score (nSPS) is 12.6. The van der Waals surface area contributed by atoms with Crippen LogP contribution in [-0.4, -0.2) is 43.6 Å². The Hall–Kier alpha value is -1.63. The quantitative estimate of drug-likeness (QED) is 0.770. The number of methoxy groups -OCH3 is 1. The number of ether oxygens (including phenoxy) is 1. The fraction of sp³-hybridized carbons (Fsp3) is 0.400. The van der Waals surface area contributed by atoms with Crippen LogP contribution in [0.3, 0.4) is 0 Å². The summed E-state index contributed by atoms with van der Waals surface area (Å²) in [5, 5.41) is 5.52. The molecule has 6 heteroatoms. The van der Waals surface area contributed by atoms with Crippen molar-refractivity contribution in [1.29, 1.82) is 0 Å². The number of hydrogen-bond donors (Lipinski definition) is 2. The molecule has 0 aliphatic carbocycles. The SMILES string of the molecule is COC(=O)c1ccc(CNCC(c2cccs2)N(C)C)[nH]1. The molecule has 0 amide bonds. The first kappa shape index (κ1) is 15.8. The molecule has 0 radical (unpaired) electrons. The van der Waals surface area contributed by atoms with Crippen molar-refractivity contribution in [1.82, 2.24) is 15.2 Å². The van der Waals surface area contributed by atoms with Gasteiger partial charge >= 0.3 is 5.97 Å². The Morgan fingerprint density at radius 2 is 2.24 bits per heavy atom. The Kier molecular flexibility index (Phi) is 5.55. The lowest BCUT2D eigenvalue weighted by Gasteiger charge is -2.23. The smallest absolute Gasteiger partial charge is 0.354 e. The molecule has 114 valence electrons. The second kappa shape index (κ2) is 7.40. The van der Waals surface area contributed by atoms with E-state index in [4.69, 9.17) is 0 Å². The van der Waals surface area contributed by atoms with Gasteiger partial charge in [0, 0.05) is 23.7 Å². The number of carbonyl (C=O) groups is 1. The van der Waals surface area contributed by atoms with E-state index in [1.54, 1.807) is 17.4 Å². The average molecular weight is 307 g/mol. The van der Waals surface area contributed by atoms with E-state index in [0.29, 0.717) is 18.3 Å². The Morgan fingerprint density at radius 3 is 2.86 bits per heavy atom.